The van der Waals surface area contributed by atoms with Gasteiger partial charge in [-0.1, -0.05) is 37.4 Å². The Morgan fingerprint density at radius 1 is 1.26 bits per heavy atom. The maximum absolute atomic E-state index is 11.5. The zero-order valence-electron chi connectivity index (χ0n) is 15.9. The molecule has 0 aliphatic carbocycles. The first kappa shape index (κ1) is 20.9. The summed E-state index contributed by atoms with van der Waals surface area (Å²) in [7, 11) is 0. The van der Waals surface area contributed by atoms with Crippen LogP contribution in [-0.4, -0.2) is 28.0 Å². The quantitative estimate of drug-likeness (QED) is 0.352. The molecule has 0 saturated heterocycles. The molecule has 7 nitrogen and oxygen atoms in total. The first-order chi connectivity index (χ1) is 12.9. The van der Waals surface area contributed by atoms with Gasteiger partial charge in [0.2, 0.25) is 0 Å². The number of nitro groups is 1. The van der Waals surface area contributed by atoms with E-state index in [0.29, 0.717) is 28.8 Å². The number of benzene rings is 1. The van der Waals surface area contributed by atoms with Crippen LogP contribution in [0, 0.1) is 24.0 Å². The van der Waals surface area contributed by atoms with E-state index >= 15 is 0 Å². The van der Waals surface area contributed by atoms with Crippen LogP contribution in [0.2, 0.25) is 5.02 Å². The van der Waals surface area contributed by atoms with Crippen LogP contribution in [0.25, 0.3) is 0 Å². The number of nitrogens with one attached hydrogen (secondary N) is 1. The van der Waals surface area contributed by atoms with Crippen LogP contribution in [0.1, 0.15) is 43.0 Å². The second-order valence-corrected chi connectivity index (χ2v) is 6.75. The number of nitro benzene ring substituents is 1. The van der Waals surface area contributed by atoms with Gasteiger partial charge in [-0.3, -0.25) is 10.1 Å². The highest BCUT2D eigenvalue weighted by Gasteiger charge is 2.19. The Morgan fingerprint density at radius 3 is 2.74 bits per heavy atom. The van der Waals surface area contributed by atoms with Crippen molar-refractivity contribution in [3.8, 4) is 5.75 Å². The van der Waals surface area contributed by atoms with Crippen LogP contribution >= 0.6 is 11.6 Å². The number of rotatable bonds is 10. The minimum atomic E-state index is -0.385. The van der Waals surface area contributed by atoms with E-state index in [-0.39, 0.29) is 17.2 Å². The van der Waals surface area contributed by atoms with Gasteiger partial charge in [0.15, 0.2) is 5.75 Å². The predicted octanol–water partition coefficient (Wildman–Crippen LogP) is 4.88. The van der Waals surface area contributed by atoms with Gasteiger partial charge in [0.25, 0.3) is 0 Å². The molecule has 0 radical (unpaired) electrons. The van der Waals surface area contributed by atoms with Crippen molar-refractivity contribution in [2.75, 3.05) is 18.5 Å². The highest BCUT2D eigenvalue weighted by atomic mass is 35.5. The average molecular weight is 393 g/mol. The van der Waals surface area contributed by atoms with Gasteiger partial charge in [0, 0.05) is 6.07 Å². The summed E-state index contributed by atoms with van der Waals surface area (Å²) < 4.78 is 5.71. The lowest BCUT2D eigenvalue weighted by atomic mass is 10.0. The summed E-state index contributed by atoms with van der Waals surface area (Å²) in [4.78, 5) is 19.2. The second kappa shape index (κ2) is 10.1. The smallest absolute Gasteiger partial charge is 0.311 e. The van der Waals surface area contributed by atoms with E-state index in [1.807, 2.05) is 13.0 Å². The molecule has 146 valence electrons. The number of anilines is 1. The van der Waals surface area contributed by atoms with E-state index in [2.05, 4.69) is 22.2 Å². The molecule has 2 rings (SSSR count). The van der Waals surface area contributed by atoms with Gasteiger partial charge in [0.05, 0.1) is 17.2 Å². The van der Waals surface area contributed by atoms with Crippen molar-refractivity contribution in [1.82, 2.24) is 9.97 Å². The third-order valence-corrected chi connectivity index (χ3v) is 4.64. The summed E-state index contributed by atoms with van der Waals surface area (Å²) in [5.74, 6) is 0.830. The number of hydrogen-bond acceptors (Lipinski definition) is 6. The third-order valence-electron chi connectivity index (χ3n) is 4.19. The summed E-state index contributed by atoms with van der Waals surface area (Å²) in [6.07, 6.45) is 5.52. The SMILES string of the molecule is CCCCCc1cc(C)c(OCCNc2ncnc(C)c2Cl)c([N+](=O)[O-])c1. The standard InChI is InChI=1S/C19H25ClN4O3/c1-4-5-6-7-15-10-13(2)18(16(11-15)24(25)26)27-9-8-21-19-17(20)14(3)22-12-23-19/h10-12H,4-9H2,1-3H3,(H,21,22,23). The normalized spacial score (nSPS) is 10.7. The maximum atomic E-state index is 11.5. The van der Waals surface area contributed by atoms with Gasteiger partial charge >= 0.3 is 5.69 Å². The predicted molar refractivity (Wildman–Crippen MR) is 107 cm³/mol. The van der Waals surface area contributed by atoms with Crippen LogP contribution in [0.5, 0.6) is 5.75 Å². The third kappa shape index (κ3) is 5.79. The maximum Gasteiger partial charge on any atom is 0.311 e. The zero-order chi connectivity index (χ0) is 19.8. The minimum Gasteiger partial charge on any atom is -0.485 e. The number of hydrogen-bond donors (Lipinski definition) is 1. The van der Waals surface area contributed by atoms with Gasteiger partial charge in [-0.15, -0.1) is 0 Å². The molecule has 27 heavy (non-hydrogen) atoms. The molecule has 0 fully saturated rings. The molecule has 1 N–H and O–H groups in total. The van der Waals surface area contributed by atoms with Gasteiger partial charge in [-0.05, 0) is 37.8 Å². The molecule has 0 atom stereocenters. The molecular formula is C19H25ClN4O3. The van der Waals surface area contributed by atoms with Gasteiger partial charge in [-0.2, -0.15) is 0 Å². The number of halogens is 1. The number of aromatic nitrogens is 2. The lowest BCUT2D eigenvalue weighted by Crippen LogP contribution is -2.14. The first-order valence-electron chi connectivity index (χ1n) is 9.05. The van der Waals surface area contributed by atoms with Crippen molar-refractivity contribution < 1.29 is 9.66 Å². The summed E-state index contributed by atoms with van der Waals surface area (Å²) in [6.45, 7) is 6.42. The zero-order valence-corrected chi connectivity index (χ0v) is 16.7. The molecule has 1 heterocycles. The molecule has 0 unspecified atom stereocenters. The molecular weight excluding hydrogens is 368 g/mol. The molecule has 1 aromatic carbocycles. The summed E-state index contributed by atoms with van der Waals surface area (Å²) in [5, 5.41) is 15.0. The van der Waals surface area contributed by atoms with Crippen molar-refractivity contribution >= 4 is 23.1 Å². The second-order valence-electron chi connectivity index (χ2n) is 6.37. The Kier molecular flexibility index (Phi) is 7.79. The molecule has 0 aliphatic rings. The first-order valence-corrected chi connectivity index (χ1v) is 9.43. The largest absolute Gasteiger partial charge is 0.485 e. The van der Waals surface area contributed by atoms with E-state index in [1.165, 1.54) is 6.33 Å². The molecule has 8 heteroatoms. The Morgan fingerprint density at radius 2 is 2.04 bits per heavy atom. The Hall–Kier alpha value is -2.41. The fourth-order valence-corrected chi connectivity index (χ4v) is 2.94. The van der Waals surface area contributed by atoms with Crippen LogP contribution < -0.4 is 10.1 Å². The molecule has 0 bridgehead atoms. The summed E-state index contributed by atoms with van der Waals surface area (Å²) in [5.41, 5.74) is 2.44. The summed E-state index contributed by atoms with van der Waals surface area (Å²) in [6, 6.07) is 3.59. The van der Waals surface area contributed by atoms with E-state index in [4.69, 9.17) is 16.3 Å². The Balaban J connectivity index is 2.02. The lowest BCUT2D eigenvalue weighted by Gasteiger charge is -2.13. The fraction of sp³-hybridized carbons (Fsp3) is 0.474. The fourth-order valence-electron chi connectivity index (χ4n) is 2.78. The molecule has 1 aromatic heterocycles. The van der Waals surface area contributed by atoms with Crippen molar-refractivity contribution in [3.63, 3.8) is 0 Å². The van der Waals surface area contributed by atoms with Gasteiger partial charge in [-0.25, -0.2) is 9.97 Å². The minimum absolute atomic E-state index is 0.0115. The molecule has 0 aliphatic heterocycles. The van der Waals surface area contributed by atoms with Crippen LogP contribution in [0.3, 0.4) is 0 Å². The molecule has 0 spiro atoms. The number of nitrogens with zero attached hydrogens (tertiary/aromatic N) is 3. The Labute approximate surface area is 164 Å². The van der Waals surface area contributed by atoms with Crippen molar-refractivity contribution in [2.45, 2.75) is 46.5 Å². The number of ether oxygens (including phenoxy) is 1. The molecule has 0 amide bonds. The molecule has 2 aromatic rings. The van der Waals surface area contributed by atoms with Gasteiger partial charge < -0.3 is 10.1 Å². The van der Waals surface area contributed by atoms with Gasteiger partial charge in [0.1, 0.15) is 23.8 Å². The summed E-state index contributed by atoms with van der Waals surface area (Å²) >= 11 is 6.13. The van der Waals surface area contributed by atoms with E-state index in [1.54, 1.807) is 13.0 Å². The van der Waals surface area contributed by atoms with Crippen molar-refractivity contribution in [2.24, 2.45) is 0 Å². The van der Waals surface area contributed by atoms with Crippen LogP contribution in [0.15, 0.2) is 18.5 Å². The highest BCUT2D eigenvalue weighted by Crippen LogP contribution is 2.33. The van der Waals surface area contributed by atoms with Crippen LogP contribution in [0.4, 0.5) is 11.5 Å². The van der Waals surface area contributed by atoms with E-state index < -0.39 is 0 Å². The van der Waals surface area contributed by atoms with E-state index in [0.717, 1.165) is 36.8 Å². The number of aryl methyl sites for hydroxylation is 3. The lowest BCUT2D eigenvalue weighted by molar-refractivity contribution is -0.386. The van der Waals surface area contributed by atoms with Crippen molar-refractivity contribution in [1.29, 1.82) is 0 Å². The van der Waals surface area contributed by atoms with E-state index in [9.17, 15) is 10.1 Å². The number of unbranched alkanes of at least 4 members (excludes halogenated alkanes) is 2. The monoisotopic (exact) mass is 392 g/mol. The Bertz CT molecular complexity index is 799. The average Bonchev–Trinajstić information content (AvgIpc) is 2.63. The molecule has 0 saturated carbocycles. The van der Waals surface area contributed by atoms with Crippen molar-refractivity contribution in [3.05, 3.63) is 50.4 Å². The topological polar surface area (TPSA) is 90.2 Å². The highest BCUT2D eigenvalue weighted by molar-refractivity contribution is 6.33. The van der Waals surface area contributed by atoms with Crippen LogP contribution in [-0.2, 0) is 6.42 Å².